The Morgan fingerprint density at radius 1 is 1.05 bits per heavy atom. The zero-order valence-corrected chi connectivity index (χ0v) is 12.6. The SMILES string of the molecule is BrCCOc1ccccc1-c1nc2ccccc2s1. The van der Waals surface area contributed by atoms with Crippen molar-refractivity contribution in [2.75, 3.05) is 11.9 Å². The second-order valence-corrected chi connectivity index (χ2v) is 5.84. The van der Waals surface area contributed by atoms with Crippen LogP contribution in [0.15, 0.2) is 48.5 Å². The van der Waals surface area contributed by atoms with E-state index >= 15 is 0 Å². The van der Waals surface area contributed by atoms with Crippen molar-refractivity contribution in [2.45, 2.75) is 0 Å². The van der Waals surface area contributed by atoms with Crippen molar-refractivity contribution < 1.29 is 4.74 Å². The molecule has 0 N–H and O–H groups in total. The lowest BCUT2D eigenvalue weighted by Crippen LogP contribution is -1.98. The Bertz CT molecular complexity index is 662. The number of thiazole rings is 1. The van der Waals surface area contributed by atoms with Crippen molar-refractivity contribution in [1.29, 1.82) is 0 Å². The summed E-state index contributed by atoms with van der Waals surface area (Å²) in [6.45, 7) is 0.655. The van der Waals surface area contributed by atoms with E-state index in [0.29, 0.717) is 6.61 Å². The van der Waals surface area contributed by atoms with E-state index in [1.165, 1.54) is 4.70 Å². The molecule has 2 aromatic carbocycles. The molecular formula is C15H12BrNOS. The van der Waals surface area contributed by atoms with Gasteiger partial charge in [0.15, 0.2) is 0 Å². The number of halogens is 1. The highest BCUT2D eigenvalue weighted by Gasteiger charge is 2.10. The Balaban J connectivity index is 2.05. The van der Waals surface area contributed by atoms with Crippen LogP contribution >= 0.6 is 27.3 Å². The monoisotopic (exact) mass is 333 g/mol. The smallest absolute Gasteiger partial charge is 0.129 e. The summed E-state index contributed by atoms with van der Waals surface area (Å²) in [5.41, 5.74) is 2.10. The predicted molar refractivity (Wildman–Crippen MR) is 84.3 cm³/mol. The maximum atomic E-state index is 5.76. The van der Waals surface area contributed by atoms with Gasteiger partial charge < -0.3 is 4.74 Å². The second kappa shape index (κ2) is 5.72. The summed E-state index contributed by atoms with van der Waals surface area (Å²) in [5.74, 6) is 0.890. The molecule has 2 nitrogen and oxygen atoms in total. The molecular weight excluding hydrogens is 322 g/mol. The van der Waals surface area contributed by atoms with E-state index in [-0.39, 0.29) is 0 Å². The van der Waals surface area contributed by atoms with Gasteiger partial charge in [-0.15, -0.1) is 11.3 Å². The molecule has 1 aromatic heterocycles. The summed E-state index contributed by atoms with van der Waals surface area (Å²) in [5, 5.41) is 1.83. The van der Waals surface area contributed by atoms with Gasteiger partial charge in [0.05, 0.1) is 22.4 Å². The highest BCUT2D eigenvalue weighted by molar-refractivity contribution is 9.09. The first-order chi connectivity index (χ1) is 9.38. The van der Waals surface area contributed by atoms with Gasteiger partial charge >= 0.3 is 0 Å². The Hall–Kier alpha value is -1.39. The van der Waals surface area contributed by atoms with Crippen molar-refractivity contribution in [3.63, 3.8) is 0 Å². The summed E-state index contributed by atoms with van der Waals surface area (Å²) in [4.78, 5) is 4.68. The molecule has 0 amide bonds. The van der Waals surface area contributed by atoms with Crippen molar-refractivity contribution in [1.82, 2.24) is 4.98 Å². The second-order valence-electron chi connectivity index (χ2n) is 4.02. The van der Waals surface area contributed by atoms with Gasteiger partial charge in [-0.05, 0) is 24.3 Å². The highest BCUT2D eigenvalue weighted by atomic mass is 79.9. The number of aromatic nitrogens is 1. The van der Waals surface area contributed by atoms with Gasteiger partial charge in [0.25, 0.3) is 0 Å². The summed E-state index contributed by atoms with van der Waals surface area (Å²) >= 11 is 5.07. The molecule has 0 saturated heterocycles. The molecule has 0 spiro atoms. The zero-order valence-electron chi connectivity index (χ0n) is 10.2. The Morgan fingerprint density at radius 2 is 1.84 bits per heavy atom. The summed E-state index contributed by atoms with van der Waals surface area (Å²) in [6, 6.07) is 16.2. The third-order valence-electron chi connectivity index (χ3n) is 2.75. The van der Waals surface area contributed by atoms with Gasteiger partial charge in [0.1, 0.15) is 10.8 Å². The van der Waals surface area contributed by atoms with Crippen molar-refractivity contribution >= 4 is 37.5 Å². The molecule has 96 valence electrons. The lowest BCUT2D eigenvalue weighted by Gasteiger charge is -2.07. The largest absolute Gasteiger partial charge is 0.492 e. The fourth-order valence-electron chi connectivity index (χ4n) is 1.91. The van der Waals surface area contributed by atoms with Crippen molar-refractivity contribution in [2.24, 2.45) is 0 Å². The molecule has 0 aliphatic heterocycles. The lowest BCUT2D eigenvalue weighted by atomic mass is 10.2. The van der Waals surface area contributed by atoms with Crippen LogP contribution in [0.4, 0.5) is 0 Å². The maximum Gasteiger partial charge on any atom is 0.129 e. The number of nitrogens with zero attached hydrogens (tertiary/aromatic N) is 1. The molecule has 0 bridgehead atoms. The number of ether oxygens (including phenoxy) is 1. The standard InChI is InChI=1S/C15H12BrNOS/c16-9-10-18-13-7-3-1-5-11(13)15-17-12-6-2-4-8-14(12)19-15/h1-8H,9-10H2. The lowest BCUT2D eigenvalue weighted by molar-refractivity contribution is 0.346. The number of fused-ring (bicyclic) bond motifs is 1. The molecule has 1 heterocycles. The average Bonchev–Trinajstić information content (AvgIpc) is 2.89. The van der Waals surface area contributed by atoms with Crippen LogP contribution in [0.25, 0.3) is 20.8 Å². The number of hydrogen-bond donors (Lipinski definition) is 0. The first-order valence-corrected chi connectivity index (χ1v) is 7.96. The van der Waals surface area contributed by atoms with E-state index < -0.39 is 0 Å². The van der Waals surface area contributed by atoms with Gasteiger partial charge in [-0.1, -0.05) is 40.2 Å². The summed E-state index contributed by atoms with van der Waals surface area (Å²) in [6.07, 6.45) is 0. The van der Waals surface area contributed by atoms with Gasteiger partial charge in [-0.3, -0.25) is 0 Å². The zero-order chi connectivity index (χ0) is 13.1. The van der Waals surface area contributed by atoms with Crippen LogP contribution in [0.3, 0.4) is 0 Å². The minimum atomic E-state index is 0.655. The average molecular weight is 334 g/mol. The normalized spacial score (nSPS) is 10.8. The molecule has 19 heavy (non-hydrogen) atoms. The van der Waals surface area contributed by atoms with Crippen LogP contribution in [-0.2, 0) is 0 Å². The van der Waals surface area contributed by atoms with Crippen molar-refractivity contribution in [3.05, 3.63) is 48.5 Å². The van der Waals surface area contributed by atoms with Gasteiger partial charge in [0.2, 0.25) is 0 Å². The molecule has 3 rings (SSSR count). The van der Waals surface area contributed by atoms with E-state index in [9.17, 15) is 0 Å². The van der Waals surface area contributed by atoms with E-state index in [1.54, 1.807) is 11.3 Å². The highest BCUT2D eigenvalue weighted by Crippen LogP contribution is 2.35. The molecule has 0 radical (unpaired) electrons. The number of alkyl halides is 1. The number of rotatable bonds is 4. The minimum Gasteiger partial charge on any atom is -0.492 e. The third kappa shape index (κ3) is 2.65. The third-order valence-corrected chi connectivity index (χ3v) is 4.14. The summed E-state index contributed by atoms with van der Waals surface area (Å²) in [7, 11) is 0. The molecule has 0 aliphatic rings. The quantitative estimate of drug-likeness (QED) is 0.643. The molecule has 0 fully saturated rings. The number of para-hydroxylation sites is 2. The first kappa shape index (κ1) is 12.6. The minimum absolute atomic E-state index is 0.655. The summed E-state index contributed by atoms with van der Waals surface area (Å²) < 4.78 is 6.96. The molecule has 0 saturated carbocycles. The molecule has 3 aromatic rings. The fraction of sp³-hybridized carbons (Fsp3) is 0.133. The van der Waals surface area contributed by atoms with E-state index in [0.717, 1.165) is 27.2 Å². The predicted octanol–water partition coefficient (Wildman–Crippen LogP) is 4.74. The Kier molecular flexibility index (Phi) is 3.80. The Labute approximate surface area is 124 Å². The van der Waals surface area contributed by atoms with Crippen molar-refractivity contribution in [3.8, 4) is 16.3 Å². The van der Waals surface area contributed by atoms with Gasteiger partial charge in [0, 0.05) is 5.33 Å². The van der Waals surface area contributed by atoms with Crippen LogP contribution in [0.1, 0.15) is 0 Å². The van der Waals surface area contributed by atoms with E-state index in [4.69, 9.17) is 4.74 Å². The maximum absolute atomic E-state index is 5.76. The topological polar surface area (TPSA) is 22.1 Å². The van der Waals surface area contributed by atoms with Crippen LogP contribution in [-0.4, -0.2) is 16.9 Å². The van der Waals surface area contributed by atoms with Crippen LogP contribution in [0.5, 0.6) is 5.75 Å². The van der Waals surface area contributed by atoms with Gasteiger partial charge in [-0.2, -0.15) is 0 Å². The first-order valence-electron chi connectivity index (χ1n) is 6.02. The molecule has 4 heteroatoms. The molecule has 0 unspecified atom stereocenters. The number of hydrogen-bond acceptors (Lipinski definition) is 3. The van der Waals surface area contributed by atoms with E-state index in [1.807, 2.05) is 36.4 Å². The van der Waals surface area contributed by atoms with E-state index in [2.05, 4.69) is 33.0 Å². The van der Waals surface area contributed by atoms with Gasteiger partial charge in [-0.25, -0.2) is 4.98 Å². The molecule has 0 aliphatic carbocycles. The van der Waals surface area contributed by atoms with Crippen LogP contribution < -0.4 is 4.74 Å². The van der Waals surface area contributed by atoms with Crippen LogP contribution in [0, 0.1) is 0 Å². The van der Waals surface area contributed by atoms with Crippen LogP contribution in [0.2, 0.25) is 0 Å². The Morgan fingerprint density at radius 3 is 2.68 bits per heavy atom. The fourth-order valence-corrected chi connectivity index (χ4v) is 3.06. The number of benzene rings is 2. The molecule has 0 atom stereocenters.